The lowest BCUT2D eigenvalue weighted by Crippen LogP contribution is -2.41. The topological polar surface area (TPSA) is 36.9 Å². The van der Waals surface area contributed by atoms with Crippen LogP contribution < -0.4 is 10.2 Å². The molecule has 36 heavy (non-hydrogen) atoms. The summed E-state index contributed by atoms with van der Waals surface area (Å²) in [5, 5.41) is 0. The Bertz CT molecular complexity index is 1230. The van der Waals surface area contributed by atoms with Crippen molar-refractivity contribution in [1.82, 2.24) is 0 Å². The van der Waals surface area contributed by atoms with Gasteiger partial charge in [0.05, 0.1) is 17.8 Å². The minimum absolute atomic E-state index is 0.0667. The second-order valence-electron chi connectivity index (χ2n) is 11.4. The molecule has 0 spiro atoms. The fourth-order valence-corrected chi connectivity index (χ4v) is 5.75. The van der Waals surface area contributed by atoms with Crippen LogP contribution in [-0.2, 0) is 14.0 Å². The Hall–Kier alpha value is -2.60. The van der Waals surface area contributed by atoms with Crippen molar-refractivity contribution in [1.29, 1.82) is 0 Å². The number of ether oxygens (including phenoxy) is 2. The molecule has 3 aromatic carbocycles. The van der Waals surface area contributed by atoms with Gasteiger partial charge in [0.15, 0.2) is 6.29 Å². The maximum Gasteiger partial charge on any atom is 0.498 e. The highest BCUT2D eigenvalue weighted by molar-refractivity contribution is 6.63. The third-order valence-corrected chi connectivity index (χ3v) is 8.33. The molecule has 4 nitrogen and oxygen atoms in total. The van der Waals surface area contributed by atoms with E-state index in [-0.39, 0.29) is 12.2 Å². The van der Waals surface area contributed by atoms with Crippen LogP contribution >= 0.6 is 0 Å². The van der Waals surface area contributed by atoms with Crippen molar-refractivity contribution < 1.29 is 18.8 Å². The highest BCUT2D eigenvalue weighted by Gasteiger charge is 2.53. The first-order chi connectivity index (χ1) is 17.2. The highest BCUT2D eigenvalue weighted by Crippen LogP contribution is 2.50. The lowest BCUT2D eigenvalue weighted by atomic mass is 9.74. The van der Waals surface area contributed by atoms with E-state index in [0.717, 1.165) is 48.2 Å². The van der Waals surface area contributed by atoms with Gasteiger partial charge in [-0.1, -0.05) is 66.2 Å². The van der Waals surface area contributed by atoms with Crippen LogP contribution in [0.5, 0.6) is 5.75 Å². The standard InChI is InChI=1S/C31H35BO4/c1-20-18-25(28-23-14-8-6-12-21(23)22-13-7-9-15-24(22)28)29(34-27-16-10-11-17-33-27)26(19-20)32-35-30(2,3)31(4,5)36-32/h6-9,12-15,18-19,27-28H,10-11,16-17H2,1-5H3. The zero-order valence-electron chi connectivity index (χ0n) is 22.0. The summed E-state index contributed by atoms with van der Waals surface area (Å²) in [5.41, 5.74) is 7.56. The number of hydrogen-bond acceptors (Lipinski definition) is 4. The summed E-state index contributed by atoms with van der Waals surface area (Å²) in [5.74, 6) is 0.902. The number of benzene rings is 3. The average Bonchev–Trinajstić information content (AvgIpc) is 3.30. The van der Waals surface area contributed by atoms with Gasteiger partial charge in [-0.15, -0.1) is 0 Å². The van der Waals surface area contributed by atoms with Crippen LogP contribution in [0, 0.1) is 6.92 Å². The van der Waals surface area contributed by atoms with Gasteiger partial charge in [-0.25, -0.2) is 0 Å². The molecule has 2 fully saturated rings. The van der Waals surface area contributed by atoms with Crippen LogP contribution in [0.1, 0.15) is 75.1 Å². The molecular formula is C31H35BO4. The Morgan fingerprint density at radius 3 is 2.00 bits per heavy atom. The molecular weight excluding hydrogens is 447 g/mol. The number of hydrogen-bond donors (Lipinski definition) is 0. The molecule has 3 aliphatic rings. The number of aryl methyl sites for hydroxylation is 1. The molecule has 2 aliphatic heterocycles. The van der Waals surface area contributed by atoms with Gasteiger partial charge in [0.25, 0.3) is 0 Å². The predicted octanol–water partition coefficient (Wildman–Crippen LogP) is 6.36. The first-order valence-corrected chi connectivity index (χ1v) is 13.2. The summed E-state index contributed by atoms with van der Waals surface area (Å²) < 4.78 is 25.9. The van der Waals surface area contributed by atoms with Crippen molar-refractivity contribution in [3.8, 4) is 16.9 Å². The van der Waals surface area contributed by atoms with E-state index in [0.29, 0.717) is 0 Å². The molecule has 0 bridgehead atoms. The highest BCUT2D eigenvalue weighted by atomic mass is 16.7. The third kappa shape index (κ3) is 3.89. The molecule has 2 heterocycles. The first kappa shape index (κ1) is 23.8. The predicted molar refractivity (Wildman–Crippen MR) is 144 cm³/mol. The number of fused-ring (bicyclic) bond motifs is 3. The van der Waals surface area contributed by atoms with Crippen molar-refractivity contribution in [2.45, 2.75) is 77.3 Å². The van der Waals surface area contributed by atoms with Gasteiger partial charge in [-0.05, 0) is 69.7 Å². The quantitative estimate of drug-likeness (QED) is 0.317. The zero-order chi connectivity index (χ0) is 25.1. The second-order valence-corrected chi connectivity index (χ2v) is 11.4. The molecule has 0 saturated carbocycles. The van der Waals surface area contributed by atoms with Crippen LogP contribution in [-0.4, -0.2) is 31.2 Å². The van der Waals surface area contributed by atoms with E-state index >= 15 is 0 Å². The Kier molecular flexibility index (Phi) is 5.79. The van der Waals surface area contributed by atoms with E-state index in [1.807, 2.05) is 0 Å². The molecule has 1 aliphatic carbocycles. The summed E-state index contributed by atoms with van der Waals surface area (Å²) >= 11 is 0. The van der Waals surface area contributed by atoms with Crippen LogP contribution in [0.25, 0.3) is 11.1 Å². The smallest absolute Gasteiger partial charge is 0.465 e. The fraction of sp³-hybridized carbons (Fsp3) is 0.419. The molecule has 0 aromatic heterocycles. The SMILES string of the molecule is Cc1cc(B2OC(C)(C)C(C)(C)O2)c(OC2CCCCO2)c(C2c3ccccc3-c3ccccc32)c1. The summed E-state index contributed by atoms with van der Waals surface area (Å²) in [6.45, 7) is 11.3. The maximum absolute atomic E-state index is 6.78. The molecule has 0 radical (unpaired) electrons. The Morgan fingerprint density at radius 2 is 1.42 bits per heavy atom. The monoisotopic (exact) mass is 482 g/mol. The van der Waals surface area contributed by atoms with Crippen molar-refractivity contribution in [2.24, 2.45) is 0 Å². The third-order valence-electron chi connectivity index (χ3n) is 8.33. The lowest BCUT2D eigenvalue weighted by molar-refractivity contribution is -0.105. The van der Waals surface area contributed by atoms with Gasteiger partial charge in [0.1, 0.15) is 5.75 Å². The minimum Gasteiger partial charge on any atom is -0.465 e. The molecule has 0 N–H and O–H groups in total. The zero-order valence-corrected chi connectivity index (χ0v) is 22.0. The Labute approximate surface area is 215 Å². The van der Waals surface area contributed by atoms with Crippen LogP contribution in [0.3, 0.4) is 0 Å². The molecule has 6 rings (SSSR count). The minimum atomic E-state index is -0.515. The Balaban J connectivity index is 1.54. The fourth-order valence-electron chi connectivity index (χ4n) is 5.75. The van der Waals surface area contributed by atoms with Crippen LogP contribution in [0.2, 0.25) is 0 Å². The van der Waals surface area contributed by atoms with E-state index in [9.17, 15) is 0 Å². The average molecular weight is 482 g/mol. The molecule has 0 amide bonds. The normalized spacial score (nSPS) is 22.4. The van der Waals surface area contributed by atoms with E-state index in [2.05, 4.69) is 95.3 Å². The van der Waals surface area contributed by atoms with Gasteiger partial charge in [0.2, 0.25) is 0 Å². The Morgan fingerprint density at radius 1 is 0.806 bits per heavy atom. The van der Waals surface area contributed by atoms with Crippen molar-refractivity contribution in [2.75, 3.05) is 6.61 Å². The van der Waals surface area contributed by atoms with Crippen LogP contribution in [0.15, 0.2) is 60.7 Å². The molecule has 1 unspecified atom stereocenters. The van der Waals surface area contributed by atoms with Gasteiger partial charge >= 0.3 is 7.12 Å². The van der Waals surface area contributed by atoms with Crippen molar-refractivity contribution in [3.05, 3.63) is 82.9 Å². The first-order valence-electron chi connectivity index (χ1n) is 13.2. The van der Waals surface area contributed by atoms with Gasteiger partial charge in [-0.2, -0.15) is 0 Å². The van der Waals surface area contributed by atoms with Gasteiger partial charge in [-0.3, -0.25) is 0 Å². The van der Waals surface area contributed by atoms with Crippen molar-refractivity contribution >= 4 is 12.6 Å². The van der Waals surface area contributed by atoms with Gasteiger partial charge < -0.3 is 18.8 Å². The van der Waals surface area contributed by atoms with Crippen molar-refractivity contribution in [3.63, 3.8) is 0 Å². The van der Waals surface area contributed by atoms with E-state index < -0.39 is 18.3 Å². The summed E-state index contributed by atoms with van der Waals surface area (Å²) in [6.07, 6.45) is 2.79. The second kappa shape index (κ2) is 8.76. The maximum atomic E-state index is 6.78. The number of rotatable bonds is 4. The van der Waals surface area contributed by atoms with E-state index in [1.165, 1.54) is 22.3 Å². The summed E-state index contributed by atoms with van der Waals surface area (Å²) in [6, 6.07) is 21.9. The molecule has 2 saturated heterocycles. The lowest BCUT2D eigenvalue weighted by Gasteiger charge is -2.32. The van der Waals surface area contributed by atoms with Crippen LogP contribution in [0.4, 0.5) is 0 Å². The largest absolute Gasteiger partial charge is 0.498 e. The molecule has 3 aromatic rings. The van der Waals surface area contributed by atoms with Gasteiger partial charge in [0, 0.05) is 23.4 Å². The molecule has 5 heteroatoms. The van der Waals surface area contributed by atoms with E-state index in [4.69, 9.17) is 18.8 Å². The summed E-state index contributed by atoms with van der Waals surface area (Å²) in [7, 11) is -0.515. The molecule has 186 valence electrons. The van der Waals surface area contributed by atoms with E-state index in [1.54, 1.807) is 0 Å². The summed E-state index contributed by atoms with van der Waals surface area (Å²) in [4.78, 5) is 0. The molecule has 1 atom stereocenters.